The lowest BCUT2D eigenvalue weighted by Gasteiger charge is -2.39. The summed E-state index contributed by atoms with van der Waals surface area (Å²) in [4.78, 5) is 27.8. The Morgan fingerprint density at radius 2 is 1.67 bits per heavy atom. The van der Waals surface area contributed by atoms with Crippen LogP contribution in [0.4, 0.5) is 4.39 Å². The molecule has 0 bridgehead atoms. The number of rotatable bonds is 10. The fraction of sp³-hybridized carbons (Fsp3) is 0.357. The van der Waals surface area contributed by atoms with E-state index in [4.69, 9.17) is 4.98 Å². The maximum absolute atomic E-state index is 13.9. The third-order valence-corrected chi connectivity index (χ3v) is 8.43. The molecule has 3 aromatic rings. The summed E-state index contributed by atoms with van der Waals surface area (Å²) in [6.07, 6.45) is 0.681. The van der Waals surface area contributed by atoms with Crippen molar-refractivity contribution in [3.8, 4) is 22.4 Å². The minimum atomic E-state index is -3.79. The summed E-state index contributed by atoms with van der Waals surface area (Å²) >= 11 is 0. The van der Waals surface area contributed by atoms with E-state index in [9.17, 15) is 28.9 Å². The van der Waals surface area contributed by atoms with Crippen LogP contribution in [0, 0.1) is 11.7 Å². The molecular formula is C28H33FNO5P. The number of pyridine rings is 1. The lowest BCUT2D eigenvalue weighted by Crippen LogP contribution is -2.50. The molecule has 4 atom stereocenters. The molecule has 36 heavy (non-hydrogen) atoms. The van der Waals surface area contributed by atoms with Gasteiger partial charge in [0, 0.05) is 17.7 Å². The second kappa shape index (κ2) is 11.5. The third kappa shape index (κ3) is 5.15. The summed E-state index contributed by atoms with van der Waals surface area (Å²) in [5.74, 6) is -3.05. The maximum atomic E-state index is 13.9. The molecule has 0 saturated heterocycles. The molecule has 0 saturated carbocycles. The molecule has 4 unspecified atom stereocenters. The number of hydrogen-bond donors (Lipinski definition) is 3. The summed E-state index contributed by atoms with van der Waals surface area (Å²) in [6.45, 7) is 6.97. The summed E-state index contributed by atoms with van der Waals surface area (Å²) in [6, 6.07) is 15.4. The number of hydrogen-bond acceptors (Lipinski definition) is 4. The lowest BCUT2D eigenvalue weighted by molar-refractivity contribution is -0.144. The highest BCUT2D eigenvalue weighted by atomic mass is 31.1. The van der Waals surface area contributed by atoms with E-state index in [2.05, 4.69) is 0 Å². The Morgan fingerprint density at radius 3 is 2.14 bits per heavy atom. The van der Waals surface area contributed by atoms with Crippen molar-refractivity contribution in [1.29, 1.82) is 0 Å². The van der Waals surface area contributed by atoms with E-state index in [1.807, 2.05) is 51.1 Å². The van der Waals surface area contributed by atoms with Gasteiger partial charge in [-0.2, -0.15) is 0 Å². The molecule has 0 aliphatic carbocycles. The summed E-state index contributed by atoms with van der Waals surface area (Å²) in [7, 11) is -3.79. The van der Waals surface area contributed by atoms with Gasteiger partial charge in [0.25, 0.3) is 0 Å². The van der Waals surface area contributed by atoms with Gasteiger partial charge < -0.3 is 15.1 Å². The van der Waals surface area contributed by atoms with Crippen LogP contribution in [0.15, 0.2) is 60.8 Å². The van der Waals surface area contributed by atoms with Gasteiger partial charge in [-0.05, 0) is 60.1 Å². The van der Waals surface area contributed by atoms with Crippen LogP contribution in [0.5, 0.6) is 0 Å². The van der Waals surface area contributed by atoms with E-state index in [1.54, 1.807) is 18.3 Å². The van der Waals surface area contributed by atoms with Gasteiger partial charge in [-0.25, -0.2) is 4.39 Å². The Balaban J connectivity index is 2.47. The van der Waals surface area contributed by atoms with Crippen LogP contribution in [-0.4, -0.2) is 37.3 Å². The number of benzene rings is 2. The topological polar surface area (TPSA) is 108 Å². The zero-order chi connectivity index (χ0) is 26.6. The Kier molecular flexibility index (Phi) is 8.83. The molecule has 0 spiro atoms. The number of nitrogens with zero attached hydrogens (tertiary/aromatic N) is 1. The van der Waals surface area contributed by atoms with Crippen LogP contribution in [-0.2, 0) is 15.8 Å². The largest absolute Gasteiger partial charge is 0.480 e. The number of aliphatic hydroxyl groups is 1. The minimum absolute atomic E-state index is 0.0613. The quantitative estimate of drug-likeness (QED) is 0.291. The van der Waals surface area contributed by atoms with Crippen LogP contribution in [0.1, 0.15) is 51.2 Å². The number of aromatic nitrogens is 1. The normalized spacial score (nSPS) is 15.8. The smallest absolute Gasteiger partial charge is 0.322 e. The second-order valence-corrected chi connectivity index (χ2v) is 10.9. The van der Waals surface area contributed by atoms with Crippen molar-refractivity contribution < 1.29 is 28.9 Å². The highest BCUT2D eigenvalue weighted by molar-refractivity contribution is 7.41. The van der Waals surface area contributed by atoms with Gasteiger partial charge in [0.05, 0.1) is 11.8 Å². The predicted octanol–water partition coefficient (Wildman–Crippen LogP) is 5.92. The third-order valence-electron chi connectivity index (χ3n) is 6.74. The average molecular weight is 514 g/mol. The van der Waals surface area contributed by atoms with Gasteiger partial charge in [0.15, 0.2) is 5.16 Å². The Morgan fingerprint density at radius 1 is 1.06 bits per heavy atom. The minimum Gasteiger partial charge on any atom is -0.480 e. The molecule has 0 aliphatic heterocycles. The van der Waals surface area contributed by atoms with Gasteiger partial charge in [-0.1, -0.05) is 63.2 Å². The van der Waals surface area contributed by atoms with Crippen molar-refractivity contribution in [2.45, 2.75) is 57.7 Å². The molecule has 8 heteroatoms. The molecule has 0 radical (unpaired) electrons. The highest BCUT2D eigenvalue weighted by Gasteiger charge is 2.56. The SMILES string of the molecule is CCc1c(-c2ccccc2)ncc(C(CC(C)C)C(C(=O)O)(C(C)O)[PH](=O)O)c1-c1ccc(F)cc1. The van der Waals surface area contributed by atoms with E-state index in [-0.39, 0.29) is 12.3 Å². The molecule has 0 aliphatic rings. The number of carboxylic acid groups (broad SMARTS) is 1. The van der Waals surface area contributed by atoms with Crippen molar-refractivity contribution in [2.75, 3.05) is 0 Å². The Labute approximate surface area is 211 Å². The molecule has 3 N–H and O–H groups in total. The average Bonchev–Trinajstić information content (AvgIpc) is 2.83. The molecule has 1 heterocycles. The molecule has 0 amide bonds. The predicted molar refractivity (Wildman–Crippen MR) is 140 cm³/mol. The fourth-order valence-corrected chi connectivity index (χ4v) is 6.16. The van der Waals surface area contributed by atoms with Crippen LogP contribution < -0.4 is 0 Å². The van der Waals surface area contributed by atoms with E-state index in [1.165, 1.54) is 19.1 Å². The van der Waals surface area contributed by atoms with E-state index >= 15 is 0 Å². The molecule has 1 aromatic heterocycles. The molecule has 6 nitrogen and oxygen atoms in total. The first-order chi connectivity index (χ1) is 17.0. The Bertz CT molecular complexity index is 1210. The van der Waals surface area contributed by atoms with Gasteiger partial charge in [-0.15, -0.1) is 0 Å². The summed E-state index contributed by atoms with van der Waals surface area (Å²) < 4.78 is 26.7. The first-order valence-electron chi connectivity index (χ1n) is 12.0. The number of aliphatic carboxylic acids is 1. The number of carboxylic acids is 1. The van der Waals surface area contributed by atoms with Crippen molar-refractivity contribution in [3.05, 3.63) is 77.7 Å². The molecule has 192 valence electrons. The zero-order valence-electron chi connectivity index (χ0n) is 20.9. The molecular weight excluding hydrogens is 480 g/mol. The van der Waals surface area contributed by atoms with Gasteiger partial charge >= 0.3 is 5.97 Å². The lowest BCUT2D eigenvalue weighted by atomic mass is 9.74. The van der Waals surface area contributed by atoms with Crippen LogP contribution >= 0.6 is 8.03 Å². The second-order valence-electron chi connectivity index (χ2n) is 9.48. The van der Waals surface area contributed by atoms with Gasteiger partial charge in [0.1, 0.15) is 5.82 Å². The molecule has 3 rings (SSSR count). The van der Waals surface area contributed by atoms with Crippen LogP contribution in [0.3, 0.4) is 0 Å². The summed E-state index contributed by atoms with van der Waals surface area (Å²) in [5, 5.41) is 18.7. The number of aliphatic hydroxyl groups excluding tert-OH is 1. The fourth-order valence-electron chi connectivity index (χ4n) is 5.05. The van der Waals surface area contributed by atoms with Gasteiger partial charge in [-0.3, -0.25) is 14.3 Å². The van der Waals surface area contributed by atoms with Gasteiger partial charge in [0.2, 0.25) is 8.03 Å². The standard InChI is InChI=1S/C28H33FNO5P/c1-5-22-25(19-11-13-21(29)14-12-19)23(16-30-26(22)20-9-7-6-8-10-20)24(15-17(2)3)28(18(4)31,27(32)33)36(34)35/h6-14,16-18,24,31,36H,5,15H2,1-4H3,(H,32,33)(H,34,35). The van der Waals surface area contributed by atoms with E-state index in [0.717, 1.165) is 11.1 Å². The first kappa shape index (κ1) is 27.7. The number of carbonyl (C=O) groups is 1. The van der Waals surface area contributed by atoms with Crippen molar-refractivity contribution in [3.63, 3.8) is 0 Å². The van der Waals surface area contributed by atoms with E-state index < -0.39 is 37.0 Å². The highest BCUT2D eigenvalue weighted by Crippen LogP contribution is 2.54. The maximum Gasteiger partial charge on any atom is 0.322 e. The first-order valence-corrected chi connectivity index (χ1v) is 13.4. The van der Waals surface area contributed by atoms with Crippen molar-refractivity contribution in [1.82, 2.24) is 4.98 Å². The number of halogens is 1. The Hall–Kier alpha value is -2.86. The molecule has 0 fully saturated rings. The molecule has 2 aromatic carbocycles. The summed E-state index contributed by atoms with van der Waals surface area (Å²) in [5.41, 5.74) is 4.09. The monoisotopic (exact) mass is 513 g/mol. The van der Waals surface area contributed by atoms with Crippen molar-refractivity contribution >= 4 is 14.0 Å². The van der Waals surface area contributed by atoms with Crippen LogP contribution in [0.2, 0.25) is 0 Å². The van der Waals surface area contributed by atoms with E-state index in [0.29, 0.717) is 28.8 Å². The zero-order valence-corrected chi connectivity index (χ0v) is 21.9. The van der Waals surface area contributed by atoms with Crippen LogP contribution in [0.25, 0.3) is 22.4 Å². The van der Waals surface area contributed by atoms with Crippen molar-refractivity contribution in [2.24, 2.45) is 5.92 Å².